The quantitative estimate of drug-likeness (QED) is 0.456. The second-order valence-electron chi connectivity index (χ2n) is 7.03. The molecule has 2 aromatic carbocycles. The first-order chi connectivity index (χ1) is 14.2. The van der Waals surface area contributed by atoms with E-state index in [4.69, 9.17) is 55.9 Å². The molecule has 1 aliphatic rings. The van der Waals surface area contributed by atoms with Crippen molar-refractivity contribution in [1.82, 2.24) is 10.6 Å². The Morgan fingerprint density at radius 3 is 2.10 bits per heavy atom. The van der Waals surface area contributed by atoms with Gasteiger partial charge in [-0.1, -0.05) is 46.4 Å². The van der Waals surface area contributed by atoms with Gasteiger partial charge in [-0.3, -0.25) is 4.79 Å². The van der Waals surface area contributed by atoms with Gasteiger partial charge < -0.3 is 20.1 Å². The minimum Gasteiger partial charge on any atom is -0.492 e. The Morgan fingerprint density at radius 2 is 1.53 bits per heavy atom. The molecular formula is C21H20Cl4N2O3. The first-order valence-electron chi connectivity index (χ1n) is 9.16. The summed E-state index contributed by atoms with van der Waals surface area (Å²) < 4.78 is 11.1. The maximum atomic E-state index is 12.1. The number of rotatable bonds is 9. The molecule has 0 aliphatic heterocycles. The first kappa shape index (κ1) is 23.0. The SMILES string of the molecule is CC1(NCCOc2ccc(Cl)c(Cl)c2)C=C(NC(=O)COc2ccc(Cl)c(Cl)c2)C1. The van der Waals surface area contributed by atoms with Crippen LogP contribution in [0.1, 0.15) is 13.3 Å². The van der Waals surface area contributed by atoms with E-state index in [9.17, 15) is 4.79 Å². The van der Waals surface area contributed by atoms with E-state index in [-0.39, 0.29) is 18.1 Å². The normalized spacial score (nSPS) is 17.7. The van der Waals surface area contributed by atoms with E-state index < -0.39 is 0 Å². The van der Waals surface area contributed by atoms with Crippen molar-refractivity contribution in [2.24, 2.45) is 0 Å². The highest BCUT2D eigenvalue weighted by Crippen LogP contribution is 2.29. The van der Waals surface area contributed by atoms with Crippen LogP contribution in [0.3, 0.4) is 0 Å². The Hall–Kier alpha value is -1.63. The van der Waals surface area contributed by atoms with Gasteiger partial charge in [-0.2, -0.15) is 0 Å². The van der Waals surface area contributed by atoms with Gasteiger partial charge >= 0.3 is 0 Å². The minimum atomic E-state index is -0.239. The number of amides is 1. The van der Waals surface area contributed by atoms with Gasteiger partial charge in [-0.05, 0) is 37.3 Å². The van der Waals surface area contributed by atoms with Crippen molar-refractivity contribution in [3.63, 3.8) is 0 Å². The number of nitrogens with one attached hydrogen (secondary N) is 2. The average molecular weight is 490 g/mol. The largest absolute Gasteiger partial charge is 0.492 e. The fraction of sp³-hybridized carbons (Fsp3) is 0.286. The highest BCUT2D eigenvalue weighted by molar-refractivity contribution is 6.42. The second-order valence-corrected chi connectivity index (χ2v) is 8.66. The van der Waals surface area contributed by atoms with Gasteiger partial charge in [0.25, 0.3) is 5.91 Å². The Morgan fingerprint density at radius 1 is 0.967 bits per heavy atom. The fourth-order valence-electron chi connectivity index (χ4n) is 2.95. The molecule has 0 saturated carbocycles. The third-order valence-corrected chi connectivity index (χ3v) is 5.88. The van der Waals surface area contributed by atoms with Crippen molar-refractivity contribution in [3.05, 3.63) is 68.3 Å². The van der Waals surface area contributed by atoms with Crippen LogP contribution in [-0.2, 0) is 4.79 Å². The standard InChI is InChI=1S/C21H20Cl4N2O3/c1-21(26-6-7-29-14-2-4-16(22)18(24)8-14)10-13(11-21)27-20(28)12-30-15-3-5-17(23)19(25)9-15/h2-5,8-10,26H,6-7,11-12H2,1H3,(H,27,28). The molecule has 3 rings (SSSR count). The molecule has 0 fully saturated rings. The number of carbonyl (C=O) groups is 1. The zero-order valence-electron chi connectivity index (χ0n) is 16.1. The van der Waals surface area contributed by atoms with Crippen molar-refractivity contribution >= 4 is 52.3 Å². The number of benzene rings is 2. The van der Waals surface area contributed by atoms with Crippen LogP contribution >= 0.6 is 46.4 Å². The summed E-state index contributed by atoms with van der Waals surface area (Å²) in [6, 6.07) is 10.00. The summed E-state index contributed by atoms with van der Waals surface area (Å²) in [5.41, 5.74) is 0.645. The fourth-order valence-corrected chi connectivity index (χ4v) is 3.52. The third kappa shape index (κ3) is 6.43. The van der Waals surface area contributed by atoms with Crippen LogP contribution in [0, 0.1) is 0 Å². The van der Waals surface area contributed by atoms with E-state index in [2.05, 4.69) is 10.6 Å². The van der Waals surface area contributed by atoms with Crippen LogP contribution in [0.2, 0.25) is 20.1 Å². The highest BCUT2D eigenvalue weighted by atomic mass is 35.5. The molecule has 0 spiro atoms. The molecule has 1 aliphatic carbocycles. The number of carbonyl (C=O) groups excluding carboxylic acids is 1. The Kier molecular flexibility index (Phi) is 7.77. The Bertz CT molecular complexity index is 967. The lowest BCUT2D eigenvalue weighted by Gasteiger charge is -2.37. The van der Waals surface area contributed by atoms with Crippen LogP contribution in [0.25, 0.3) is 0 Å². The molecule has 0 aromatic heterocycles. The second kappa shape index (κ2) is 10.1. The van der Waals surface area contributed by atoms with Gasteiger partial charge in [-0.15, -0.1) is 0 Å². The number of hydrogen-bond donors (Lipinski definition) is 2. The van der Waals surface area contributed by atoms with Crippen LogP contribution in [0.4, 0.5) is 0 Å². The van der Waals surface area contributed by atoms with E-state index in [0.29, 0.717) is 51.2 Å². The number of halogens is 4. The van der Waals surface area contributed by atoms with Gasteiger partial charge in [0.1, 0.15) is 18.1 Å². The maximum Gasteiger partial charge on any atom is 0.262 e. The molecule has 5 nitrogen and oxygen atoms in total. The monoisotopic (exact) mass is 488 g/mol. The lowest BCUT2D eigenvalue weighted by atomic mass is 9.84. The van der Waals surface area contributed by atoms with Crippen molar-refractivity contribution < 1.29 is 14.3 Å². The highest BCUT2D eigenvalue weighted by Gasteiger charge is 2.32. The molecule has 0 radical (unpaired) electrons. The predicted molar refractivity (Wildman–Crippen MR) is 121 cm³/mol. The van der Waals surface area contributed by atoms with Crippen molar-refractivity contribution in [2.75, 3.05) is 19.8 Å². The number of ether oxygens (including phenoxy) is 2. The molecule has 1 atom stereocenters. The summed E-state index contributed by atoms with van der Waals surface area (Å²) in [4.78, 5) is 12.1. The molecule has 0 saturated heterocycles. The average Bonchev–Trinajstić information content (AvgIpc) is 2.67. The van der Waals surface area contributed by atoms with E-state index in [1.165, 1.54) is 0 Å². The summed E-state index contributed by atoms with van der Waals surface area (Å²) in [6.07, 6.45) is 2.67. The summed E-state index contributed by atoms with van der Waals surface area (Å²) in [7, 11) is 0. The Labute approximate surface area is 195 Å². The lowest BCUT2D eigenvalue weighted by molar-refractivity contribution is -0.122. The van der Waals surface area contributed by atoms with Crippen molar-refractivity contribution in [2.45, 2.75) is 18.9 Å². The van der Waals surface area contributed by atoms with Gasteiger partial charge in [0.15, 0.2) is 6.61 Å². The molecule has 1 amide bonds. The maximum absolute atomic E-state index is 12.1. The first-order valence-corrected chi connectivity index (χ1v) is 10.7. The summed E-state index contributed by atoms with van der Waals surface area (Å²) in [5.74, 6) is 0.906. The molecule has 0 bridgehead atoms. The summed E-state index contributed by atoms with van der Waals surface area (Å²) in [5, 5.41) is 7.99. The van der Waals surface area contributed by atoms with E-state index in [1.807, 2.05) is 13.0 Å². The number of hydrogen-bond acceptors (Lipinski definition) is 4. The summed E-state index contributed by atoms with van der Waals surface area (Å²) >= 11 is 23.6. The van der Waals surface area contributed by atoms with E-state index in [0.717, 1.165) is 5.70 Å². The van der Waals surface area contributed by atoms with Crippen LogP contribution in [-0.4, -0.2) is 31.2 Å². The molecule has 0 heterocycles. The molecule has 160 valence electrons. The van der Waals surface area contributed by atoms with Crippen molar-refractivity contribution in [3.8, 4) is 11.5 Å². The van der Waals surface area contributed by atoms with E-state index in [1.54, 1.807) is 36.4 Å². The van der Waals surface area contributed by atoms with Crippen LogP contribution in [0.5, 0.6) is 11.5 Å². The van der Waals surface area contributed by atoms with Gasteiger partial charge in [0.05, 0.1) is 20.1 Å². The molecular weight excluding hydrogens is 470 g/mol. The molecule has 1 unspecified atom stereocenters. The lowest BCUT2D eigenvalue weighted by Crippen LogP contribution is -2.51. The molecule has 30 heavy (non-hydrogen) atoms. The summed E-state index contributed by atoms with van der Waals surface area (Å²) in [6.45, 7) is 3.04. The van der Waals surface area contributed by atoms with Gasteiger partial charge in [0.2, 0.25) is 0 Å². The predicted octanol–water partition coefficient (Wildman–Crippen LogP) is 5.51. The zero-order valence-corrected chi connectivity index (χ0v) is 19.1. The van der Waals surface area contributed by atoms with Gasteiger partial charge in [0, 0.05) is 36.3 Å². The van der Waals surface area contributed by atoms with E-state index >= 15 is 0 Å². The molecule has 2 aromatic rings. The molecule has 9 heteroatoms. The van der Waals surface area contributed by atoms with Gasteiger partial charge in [-0.25, -0.2) is 0 Å². The van der Waals surface area contributed by atoms with Crippen molar-refractivity contribution in [1.29, 1.82) is 0 Å². The minimum absolute atomic E-state index is 0.114. The van der Waals surface area contributed by atoms with Crippen LogP contribution in [0.15, 0.2) is 48.2 Å². The topological polar surface area (TPSA) is 59.6 Å². The molecule has 2 N–H and O–H groups in total. The zero-order chi connectivity index (χ0) is 21.7. The third-order valence-electron chi connectivity index (χ3n) is 4.40. The Balaban J connectivity index is 1.36. The smallest absolute Gasteiger partial charge is 0.262 e. The van der Waals surface area contributed by atoms with Crippen LogP contribution < -0.4 is 20.1 Å².